The summed E-state index contributed by atoms with van der Waals surface area (Å²) in [4.78, 5) is 13.6. The van der Waals surface area contributed by atoms with Gasteiger partial charge in [-0.15, -0.1) is 12.4 Å². The maximum Gasteiger partial charge on any atom is 0.373 e. The Kier molecular flexibility index (Phi) is 5.85. The van der Waals surface area contributed by atoms with E-state index in [2.05, 4.69) is 16.6 Å². The minimum atomic E-state index is -0.434. The Hall–Kier alpha value is -1.04. The van der Waals surface area contributed by atoms with Crippen LogP contribution >= 0.6 is 12.4 Å². The van der Waals surface area contributed by atoms with Gasteiger partial charge in [-0.25, -0.2) is 4.79 Å². The second kappa shape index (κ2) is 6.93. The lowest BCUT2D eigenvalue weighted by Gasteiger charge is -2.16. The van der Waals surface area contributed by atoms with Crippen LogP contribution in [-0.4, -0.2) is 37.1 Å². The quantitative estimate of drug-likeness (QED) is 0.853. The Morgan fingerprint density at radius 2 is 2.37 bits per heavy atom. The SMILES string of the molecule is COC(=O)c1ccc(CN2CCC(C(C)N)C2)o1.Cl. The first-order chi connectivity index (χ1) is 8.60. The predicted octanol–water partition coefficient (Wildman–Crippen LogP) is 1.66. The summed E-state index contributed by atoms with van der Waals surface area (Å²) in [6.07, 6.45) is 1.13. The molecule has 1 fully saturated rings. The van der Waals surface area contributed by atoms with E-state index in [1.807, 2.05) is 6.07 Å². The molecule has 2 heterocycles. The van der Waals surface area contributed by atoms with Crippen molar-refractivity contribution in [3.63, 3.8) is 0 Å². The Morgan fingerprint density at radius 1 is 1.63 bits per heavy atom. The molecule has 0 amide bonds. The zero-order chi connectivity index (χ0) is 13.1. The summed E-state index contributed by atoms with van der Waals surface area (Å²) in [5, 5.41) is 0. The topological polar surface area (TPSA) is 68.7 Å². The first kappa shape index (κ1) is 16.0. The molecule has 0 radical (unpaired) electrons. The molecule has 1 aliphatic heterocycles. The fourth-order valence-corrected chi connectivity index (χ4v) is 2.33. The van der Waals surface area contributed by atoms with E-state index in [9.17, 15) is 4.79 Å². The van der Waals surface area contributed by atoms with E-state index >= 15 is 0 Å². The fraction of sp³-hybridized carbons (Fsp3) is 0.615. The van der Waals surface area contributed by atoms with Gasteiger partial charge in [-0.05, 0) is 37.9 Å². The van der Waals surface area contributed by atoms with Crippen molar-refractivity contribution in [2.24, 2.45) is 11.7 Å². The summed E-state index contributed by atoms with van der Waals surface area (Å²) in [5.74, 6) is 1.17. The summed E-state index contributed by atoms with van der Waals surface area (Å²) >= 11 is 0. The molecular weight excluding hydrogens is 268 g/mol. The van der Waals surface area contributed by atoms with Crippen molar-refractivity contribution in [2.45, 2.75) is 25.9 Å². The van der Waals surface area contributed by atoms with Gasteiger partial charge in [-0.3, -0.25) is 4.90 Å². The average Bonchev–Trinajstić information content (AvgIpc) is 2.98. The number of carbonyl (C=O) groups is 1. The maximum absolute atomic E-state index is 11.3. The van der Waals surface area contributed by atoms with E-state index in [1.54, 1.807) is 6.07 Å². The van der Waals surface area contributed by atoms with Crippen LogP contribution in [0.3, 0.4) is 0 Å². The van der Waals surface area contributed by atoms with Crippen LogP contribution in [0, 0.1) is 5.92 Å². The second-order valence-electron chi connectivity index (χ2n) is 4.90. The number of rotatable bonds is 4. The molecule has 1 aliphatic rings. The zero-order valence-electron chi connectivity index (χ0n) is 11.3. The van der Waals surface area contributed by atoms with E-state index in [0.717, 1.165) is 31.8 Å². The van der Waals surface area contributed by atoms with Crippen molar-refractivity contribution in [3.05, 3.63) is 23.7 Å². The number of ether oxygens (including phenoxy) is 1. The Labute approximate surface area is 119 Å². The van der Waals surface area contributed by atoms with Crippen molar-refractivity contribution in [3.8, 4) is 0 Å². The van der Waals surface area contributed by atoms with Crippen LogP contribution in [0.1, 0.15) is 29.7 Å². The van der Waals surface area contributed by atoms with Gasteiger partial charge < -0.3 is 14.9 Å². The third-order valence-corrected chi connectivity index (χ3v) is 3.48. The van der Waals surface area contributed by atoms with Crippen molar-refractivity contribution in [1.29, 1.82) is 0 Å². The number of likely N-dealkylation sites (tertiary alicyclic amines) is 1. The van der Waals surface area contributed by atoms with Crippen molar-refractivity contribution >= 4 is 18.4 Å². The zero-order valence-corrected chi connectivity index (χ0v) is 12.1. The molecule has 108 valence electrons. The molecule has 2 N–H and O–H groups in total. The van der Waals surface area contributed by atoms with Crippen LogP contribution in [0.4, 0.5) is 0 Å². The third kappa shape index (κ3) is 3.96. The Bertz CT molecular complexity index is 420. The number of nitrogens with two attached hydrogens (primary N) is 1. The molecule has 1 aromatic heterocycles. The number of nitrogens with zero attached hydrogens (tertiary/aromatic N) is 1. The van der Waals surface area contributed by atoms with Gasteiger partial charge in [0.15, 0.2) is 0 Å². The summed E-state index contributed by atoms with van der Waals surface area (Å²) in [7, 11) is 1.35. The van der Waals surface area contributed by atoms with E-state index in [0.29, 0.717) is 5.92 Å². The lowest BCUT2D eigenvalue weighted by Crippen LogP contribution is -2.29. The third-order valence-electron chi connectivity index (χ3n) is 3.48. The minimum Gasteiger partial charge on any atom is -0.463 e. The van der Waals surface area contributed by atoms with E-state index in [1.165, 1.54) is 7.11 Å². The lowest BCUT2D eigenvalue weighted by atomic mass is 10.0. The number of carbonyl (C=O) groups excluding carboxylic acids is 1. The van der Waals surface area contributed by atoms with Crippen LogP contribution in [0.5, 0.6) is 0 Å². The molecule has 6 heteroatoms. The molecule has 1 saturated heterocycles. The van der Waals surface area contributed by atoms with Crippen molar-refractivity contribution < 1.29 is 13.9 Å². The molecule has 19 heavy (non-hydrogen) atoms. The van der Waals surface area contributed by atoms with Crippen LogP contribution in [0.25, 0.3) is 0 Å². The first-order valence-corrected chi connectivity index (χ1v) is 6.25. The smallest absolute Gasteiger partial charge is 0.373 e. The molecule has 5 nitrogen and oxygen atoms in total. The number of esters is 1. The average molecular weight is 289 g/mol. The molecule has 1 aromatic rings. The molecule has 0 spiro atoms. The standard InChI is InChI=1S/C13H20N2O3.ClH/c1-9(14)10-5-6-15(7-10)8-11-3-4-12(18-11)13(16)17-2;/h3-4,9-10H,5-8,14H2,1-2H3;1H. The molecule has 0 bridgehead atoms. The Morgan fingerprint density at radius 3 is 2.95 bits per heavy atom. The highest BCUT2D eigenvalue weighted by atomic mass is 35.5. The van der Waals surface area contributed by atoms with E-state index < -0.39 is 5.97 Å². The molecule has 2 atom stereocenters. The largest absolute Gasteiger partial charge is 0.463 e. The van der Waals surface area contributed by atoms with Crippen molar-refractivity contribution in [2.75, 3.05) is 20.2 Å². The molecule has 0 saturated carbocycles. The number of hydrogen-bond acceptors (Lipinski definition) is 5. The van der Waals surface area contributed by atoms with Crippen molar-refractivity contribution in [1.82, 2.24) is 4.90 Å². The summed E-state index contributed by atoms with van der Waals surface area (Å²) in [6, 6.07) is 3.71. The molecule has 2 rings (SSSR count). The van der Waals surface area contributed by atoms with Gasteiger partial charge >= 0.3 is 5.97 Å². The number of methoxy groups -OCH3 is 1. The van der Waals surface area contributed by atoms with Gasteiger partial charge in [-0.2, -0.15) is 0 Å². The highest BCUT2D eigenvalue weighted by Crippen LogP contribution is 2.21. The molecular formula is C13H21ClN2O3. The first-order valence-electron chi connectivity index (χ1n) is 6.25. The normalized spacial score (nSPS) is 20.9. The summed E-state index contributed by atoms with van der Waals surface area (Å²) in [5.41, 5.74) is 5.90. The number of hydrogen-bond donors (Lipinski definition) is 1. The molecule has 2 unspecified atom stereocenters. The van der Waals surface area contributed by atoms with E-state index in [-0.39, 0.29) is 24.2 Å². The number of halogens is 1. The van der Waals surface area contributed by atoms with Gasteiger partial charge in [-0.1, -0.05) is 0 Å². The number of furan rings is 1. The van der Waals surface area contributed by atoms with Crippen LogP contribution in [0.2, 0.25) is 0 Å². The monoisotopic (exact) mass is 288 g/mol. The van der Waals surface area contributed by atoms with Crippen LogP contribution < -0.4 is 5.73 Å². The van der Waals surface area contributed by atoms with Gasteiger partial charge in [0.25, 0.3) is 0 Å². The second-order valence-corrected chi connectivity index (χ2v) is 4.90. The summed E-state index contributed by atoms with van der Waals surface area (Å²) < 4.78 is 10.1. The Balaban J connectivity index is 0.00000180. The van der Waals surface area contributed by atoms with Gasteiger partial charge in [0.2, 0.25) is 5.76 Å². The van der Waals surface area contributed by atoms with Gasteiger partial charge in [0, 0.05) is 12.6 Å². The van der Waals surface area contributed by atoms with Crippen LogP contribution in [0.15, 0.2) is 16.5 Å². The highest BCUT2D eigenvalue weighted by Gasteiger charge is 2.25. The van der Waals surface area contributed by atoms with Crippen LogP contribution in [-0.2, 0) is 11.3 Å². The minimum absolute atomic E-state index is 0. The summed E-state index contributed by atoms with van der Waals surface area (Å²) in [6.45, 7) is 4.79. The molecule has 0 aliphatic carbocycles. The molecule has 0 aromatic carbocycles. The predicted molar refractivity (Wildman–Crippen MR) is 74.3 cm³/mol. The van der Waals surface area contributed by atoms with Gasteiger partial charge in [0.05, 0.1) is 13.7 Å². The maximum atomic E-state index is 11.3. The lowest BCUT2D eigenvalue weighted by molar-refractivity contribution is 0.0561. The van der Waals surface area contributed by atoms with Gasteiger partial charge in [0.1, 0.15) is 5.76 Å². The highest BCUT2D eigenvalue weighted by molar-refractivity contribution is 5.86. The fourth-order valence-electron chi connectivity index (χ4n) is 2.33. The van der Waals surface area contributed by atoms with E-state index in [4.69, 9.17) is 10.2 Å².